The van der Waals surface area contributed by atoms with Crippen molar-refractivity contribution in [2.24, 2.45) is 0 Å². The number of rotatable bonds is 11. The van der Waals surface area contributed by atoms with Gasteiger partial charge in [-0.2, -0.15) is 0 Å². The molecule has 0 aliphatic heterocycles. The summed E-state index contributed by atoms with van der Waals surface area (Å²) in [7, 11) is 0. The molecule has 4 aromatic rings. The number of amides is 2. The molecular weight excluding hydrogens is 506 g/mol. The number of nitrogens with one attached hydrogen (secondary N) is 2. The van der Waals surface area contributed by atoms with E-state index in [1.807, 2.05) is 67.6 Å². The lowest BCUT2D eigenvalue weighted by atomic mass is 10.2. The van der Waals surface area contributed by atoms with E-state index < -0.39 is 24.0 Å². The van der Waals surface area contributed by atoms with Crippen molar-refractivity contribution >= 4 is 39.5 Å². The Kier molecular flexibility index (Phi) is 9.25. The summed E-state index contributed by atoms with van der Waals surface area (Å²) >= 11 is 1.23. The van der Waals surface area contributed by atoms with Gasteiger partial charge in [0, 0.05) is 12.7 Å². The summed E-state index contributed by atoms with van der Waals surface area (Å²) in [6, 6.07) is 20.5. The fourth-order valence-electron chi connectivity index (χ4n) is 3.51. The Balaban J connectivity index is 1.41. The number of benzene rings is 2. The zero-order valence-corrected chi connectivity index (χ0v) is 21.5. The smallest absolute Gasteiger partial charge is 0.408 e. The molecule has 4 rings (SSSR count). The zero-order chi connectivity index (χ0) is 26.7. The minimum Gasteiger partial charge on any atom is -0.492 e. The van der Waals surface area contributed by atoms with Gasteiger partial charge in [0.2, 0.25) is 0 Å². The maximum absolute atomic E-state index is 12.9. The number of carbonyl (C=O) groups excluding carboxylic acids is 3. The van der Waals surface area contributed by atoms with Crippen LogP contribution in [-0.2, 0) is 27.5 Å². The van der Waals surface area contributed by atoms with E-state index in [0.29, 0.717) is 22.8 Å². The van der Waals surface area contributed by atoms with Crippen LogP contribution >= 0.6 is 11.3 Å². The first-order valence-electron chi connectivity index (χ1n) is 12.0. The molecule has 0 fully saturated rings. The lowest BCUT2D eigenvalue weighted by Gasteiger charge is -2.18. The topological polar surface area (TPSA) is 116 Å². The van der Waals surface area contributed by atoms with Gasteiger partial charge in [0.25, 0.3) is 5.91 Å². The highest BCUT2D eigenvalue weighted by Crippen LogP contribution is 2.32. The minimum absolute atomic E-state index is 0.0209. The van der Waals surface area contributed by atoms with E-state index in [4.69, 9.17) is 14.2 Å². The summed E-state index contributed by atoms with van der Waals surface area (Å²) < 4.78 is 17.0. The number of fused-ring (bicyclic) bond motifs is 1. The van der Waals surface area contributed by atoms with Gasteiger partial charge in [-0.3, -0.25) is 9.78 Å². The Morgan fingerprint density at radius 2 is 1.58 bits per heavy atom. The minimum atomic E-state index is -1.17. The van der Waals surface area contributed by atoms with Gasteiger partial charge < -0.3 is 24.8 Å². The Morgan fingerprint density at radius 1 is 0.921 bits per heavy atom. The second-order valence-corrected chi connectivity index (χ2v) is 9.18. The third-order valence-corrected chi connectivity index (χ3v) is 6.52. The average Bonchev–Trinajstić information content (AvgIpc) is 3.40. The molecule has 2 N–H and O–H groups in total. The van der Waals surface area contributed by atoms with Crippen LogP contribution in [0.2, 0.25) is 0 Å². The van der Waals surface area contributed by atoms with E-state index >= 15 is 0 Å². The number of nitrogens with zero attached hydrogens (tertiary/aromatic N) is 1. The molecule has 38 heavy (non-hydrogen) atoms. The number of hydrogen-bond acceptors (Lipinski definition) is 8. The molecule has 2 aromatic carbocycles. The van der Waals surface area contributed by atoms with E-state index in [1.54, 1.807) is 18.3 Å². The molecule has 0 aliphatic rings. The van der Waals surface area contributed by atoms with Crippen molar-refractivity contribution in [2.75, 3.05) is 13.2 Å². The second-order valence-electron chi connectivity index (χ2n) is 8.13. The van der Waals surface area contributed by atoms with Crippen molar-refractivity contribution in [2.45, 2.75) is 26.2 Å². The quantitative estimate of drug-likeness (QED) is 0.274. The monoisotopic (exact) mass is 533 g/mol. The van der Waals surface area contributed by atoms with Crippen molar-refractivity contribution in [1.82, 2.24) is 15.6 Å². The van der Waals surface area contributed by atoms with Crippen LogP contribution < -0.4 is 15.4 Å². The van der Waals surface area contributed by atoms with Crippen molar-refractivity contribution < 1.29 is 28.6 Å². The number of aromatic nitrogens is 1. The predicted molar refractivity (Wildman–Crippen MR) is 143 cm³/mol. The van der Waals surface area contributed by atoms with E-state index in [9.17, 15) is 14.4 Å². The van der Waals surface area contributed by atoms with Crippen LogP contribution in [0.5, 0.6) is 5.75 Å². The Morgan fingerprint density at radius 3 is 2.24 bits per heavy atom. The normalized spacial score (nSPS) is 11.4. The summed E-state index contributed by atoms with van der Waals surface area (Å²) in [4.78, 5) is 42.9. The largest absolute Gasteiger partial charge is 0.492 e. The van der Waals surface area contributed by atoms with Gasteiger partial charge in [-0.1, -0.05) is 60.7 Å². The van der Waals surface area contributed by atoms with Gasteiger partial charge in [-0.05, 0) is 30.2 Å². The molecule has 196 valence electrons. The molecule has 0 bridgehead atoms. The highest BCUT2D eigenvalue weighted by atomic mass is 32.1. The molecule has 1 atom stereocenters. The number of pyridine rings is 1. The van der Waals surface area contributed by atoms with E-state index in [0.717, 1.165) is 15.8 Å². The van der Waals surface area contributed by atoms with Crippen molar-refractivity contribution in [1.29, 1.82) is 0 Å². The third kappa shape index (κ3) is 7.30. The first kappa shape index (κ1) is 26.6. The van der Waals surface area contributed by atoms with Gasteiger partial charge in [0.05, 0.1) is 21.7 Å². The van der Waals surface area contributed by atoms with Crippen LogP contribution in [0.15, 0.2) is 79.0 Å². The molecule has 9 nitrogen and oxygen atoms in total. The third-order valence-electron chi connectivity index (χ3n) is 5.38. The number of ether oxygens (including phenoxy) is 3. The van der Waals surface area contributed by atoms with Crippen molar-refractivity contribution in [3.8, 4) is 5.75 Å². The molecule has 0 saturated carbocycles. The molecule has 10 heteroatoms. The van der Waals surface area contributed by atoms with Gasteiger partial charge in [0.15, 0.2) is 0 Å². The van der Waals surface area contributed by atoms with Gasteiger partial charge in [-0.25, -0.2) is 9.59 Å². The molecule has 2 heterocycles. The van der Waals surface area contributed by atoms with Crippen LogP contribution in [0.1, 0.15) is 27.7 Å². The Labute approximate surface area is 223 Å². The van der Waals surface area contributed by atoms with Gasteiger partial charge in [0.1, 0.15) is 25.0 Å². The second kappa shape index (κ2) is 13.2. The number of esters is 1. The van der Waals surface area contributed by atoms with E-state index in [2.05, 4.69) is 15.6 Å². The molecule has 0 radical (unpaired) electrons. The van der Waals surface area contributed by atoms with E-state index in [1.165, 1.54) is 11.3 Å². The van der Waals surface area contributed by atoms with Crippen molar-refractivity contribution in [3.05, 3.63) is 95.0 Å². The fourth-order valence-corrected chi connectivity index (χ4v) is 4.51. The van der Waals surface area contributed by atoms with Crippen LogP contribution in [0, 0.1) is 0 Å². The van der Waals surface area contributed by atoms with Crippen LogP contribution in [0.4, 0.5) is 4.79 Å². The van der Waals surface area contributed by atoms with Gasteiger partial charge in [-0.15, -0.1) is 11.3 Å². The Hall–Kier alpha value is -4.44. The molecule has 2 amide bonds. The van der Waals surface area contributed by atoms with Crippen molar-refractivity contribution in [3.63, 3.8) is 0 Å². The molecule has 0 spiro atoms. The summed E-state index contributed by atoms with van der Waals surface area (Å²) in [6.07, 6.45) is 0.808. The maximum atomic E-state index is 12.9. The lowest BCUT2D eigenvalue weighted by molar-refractivity contribution is -0.147. The number of hydrogen-bond donors (Lipinski definition) is 2. The Bertz CT molecular complexity index is 1380. The average molecular weight is 534 g/mol. The summed E-state index contributed by atoms with van der Waals surface area (Å²) in [5.74, 6) is -0.482. The van der Waals surface area contributed by atoms with Crippen LogP contribution in [0.25, 0.3) is 10.2 Å². The molecule has 0 aliphatic carbocycles. The first-order chi connectivity index (χ1) is 18.5. The fraction of sp³-hybridized carbons (Fsp3) is 0.214. The SMILES string of the molecule is CCOc1ccnc2cc(C(=O)NC[C@@H](NC(=O)OCc3ccccc3)C(=O)OCc3ccccc3)sc12. The number of carbonyl (C=O) groups is 3. The summed E-state index contributed by atoms with van der Waals surface area (Å²) in [5, 5.41) is 5.20. The number of thiophene rings is 1. The maximum Gasteiger partial charge on any atom is 0.408 e. The lowest BCUT2D eigenvalue weighted by Crippen LogP contribution is -2.49. The highest BCUT2D eigenvalue weighted by molar-refractivity contribution is 7.21. The zero-order valence-electron chi connectivity index (χ0n) is 20.7. The number of alkyl carbamates (subject to hydrolysis) is 1. The molecular formula is C28H27N3O6S. The first-order valence-corrected chi connectivity index (χ1v) is 12.8. The predicted octanol–water partition coefficient (Wildman–Crippen LogP) is 4.46. The van der Waals surface area contributed by atoms with Gasteiger partial charge >= 0.3 is 12.1 Å². The standard InChI is InChI=1S/C28H27N3O6S/c1-2-35-23-13-14-29-21-15-24(38-25(21)23)26(32)30-16-22(27(33)36-17-19-9-5-3-6-10-19)31-28(34)37-18-20-11-7-4-8-12-20/h3-15,22H,2,16-18H2,1H3,(H,30,32)(H,31,34)/t22-/m1/s1. The van der Waals surface area contributed by atoms with E-state index in [-0.39, 0.29) is 19.8 Å². The summed E-state index contributed by atoms with van der Waals surface area (Å²) in [6.45, 7) is 2.21. The van der Waals surface area contributed by atoms with Crippen LogP contribution in [0.3, 0.4) is 0 Å². The molecule has 2 aromatic heterocycles. The van der Waals surface area contributed by atoms with Crippen LogP contribution in [-0.4, -0.2) is 42.1 Å². The highest BCUT2D eigenvalue weighted by Gasteiger charge is 2.25. The molecule has 0 unspecified atom stereocenters. The molecule has 0 saturated heterocycles. The summed E-state index contributed by atoms with van der Waals surface area (Å²) in [5.41, 5.74) is 2.22.